The molecule has 2 saturated heterocycles. The molecule has 0 amide bonds. The fourth-order valence-electron chi connectivity index (χ4n) is 3.42. The maximum absolute atomic E-state index is 12.4. The molecule has 0 radical (unpaired) electrons. The lowest BCUT2D eigenvalue weighted by molar-refractivity contribution is 0.109. The van der Waals surface area contributed by atoms with Gasteiger partial charge >= 0.3 is 0 Å². The first-order valence-electron chi connectivity index (χ1n) is 8.40. The molecule has 140 valence electrons. The lowest BCUT2D eigenvalue weighted by atomic mass is 10.2. The van der Waals surface area contributed by atoms with Crippen molar-refractivity contribution in [1.82, 2.24) is 9.80 Å². The summed E-state index contributed by atoms with van der Waals surface area (Å²) >= 11 is 5.80. The van der Waals surface area contributed by atoms with E-state index in [9.17, 15) is 16.8 Å². The molecule has 0 bridgehead atoms. The van der Waals surface area contributed by atoms with Crippen molar-refractivity contribution in [2.24, 2.45) is 0 Å². The Kier molecular flexibility index (Phi) is 5.75. The van der Waals surface area contributed by atoms with Gasteiger partial charge in [-0.2, -0.15) is 0 Å². The van der Waals surface area contributed by atoms with E-state index >= 15 is 0 Å². The van der Waals surface area contributed by atoms with Crippen molar-refractivity contribution in [3.8, 4) is 0 Å². The van der Waals surface area contributed by atoms with E-state index in [-0.39, 0.29) is 23.3 Å². The fraction of sp³-hybridized carbons (Fsp3) is 0.625. The second kappa shape index (κ2) is 7.52. The van der Waals surface area contributed by atoms with Gasteiger partial charge < -0.3 is 0 Å². The number of sulfone groups is 2. The average molecular weight is 407 g/mol. The summed E-state index contributed by atoms with van der Waals surface area (Å²) in [6.45, 7) is 3.61. The molecule has 1 aromatic carbocycles. The van der Waals surface area contributed by atoms with Crippen molar-refractivity contribution in [2.45, 2.75) is 17.4 Å². The van der Waals surface area contributed by atoms with Crippen molar-refractivity contribution in [2.75, 3.05) is 50.0 Å². The molecule has 2 fully saturated rings. The van der Waals surface area contributed by atoms with Gasteiger partial charge in [0.05, 0.1) is 22.2 Å². The zero-order valence-corrected chi connectivity index (χ0v) is 16.4. The van der Waals surface area contributed by atoms with Gasteiger partial charge in [0.15, 0.2) is 19.7 Å². The topological polar surface area (TPSA) is 74.8 Å². The molecule has 0 aliphatic carbocycles. The first-order valence-corrected chi connectivity index (χ1v) is 12.3. The third-order valence-corrected chi connectivity index (χ3v) is 8.69. The summed E-state index contributed by atoms with van der Waals surface area (Å²) in [6, 6.07) is 6.38. The van der Waals surface area contributed by atoms with E-state index in [1.807, 2.05) is 0 Å². The summed E-state index contributed by atoms with van der Waals surface area (Å²) < 4.78 is 48.0. The standard InChI is InChI=1S/C16H23ClN2O4S2/c17-14-1-3-16(4-2-14)25(22,23)12-10-18-6-8-19(9-7-18)15-5-11-24(20,21)13-15/h1-4,15H,5-13H2/t15-/m1/s1. The first kappa shape index (κ1) is 19.1. The summed E-state index contributed by atoms with van der Waals surface area (Å²) in [4.78, 5) is 4.66. The second-order valence-corrected chi connectivity index (χ2v) is 11.5. The van der Waals surface area contributed by atoms with E-state index < -0.39 is 19.7 Å². The first-order chi connectivity index (χ1) is 11.8. The Morgan fingerprint density at radius 2 is 1.72 bits per heavy atom. The van der Waals surface area contributed by atoms with Crippen LogP contribution in [0.15, 0.2) is 29.2 Å². The zero-order valence-electron chi connectivity index (χ0n) is 14.0. The van der Waals surface area contributed by atoms with Crippen LogP contribution in [0.5, 0.6) is 0 Å². The summed E-state index contributed by atoms with van der Waals surface area (Å²) in [5.74, 6) is 0.627. The SMILES string of the molecule is O=S1(=O)CC[C@@H](N2CCN(CCS(=O)(=O)c3ccc(Cl)cc3)CC2)C1. The molecule has 2 aliphatic heterocycles. The van der Waals surface area contributed by atoms with Crippen molar-refractivity contribution in [3.05, 3.63) is 29.3 Å². The van der Waals surface area contributed by atoms with Gasteiger partial charge in [0.25, 0.3) is 0 Å². The van der Waals surface area contributed by atoms with Crippen LogP contribution in [0.3, 0.4) is 0 Å². The molecule has 1 aromatic rings. The Bertz CT molecular complexity index is 801. The molecule has 25 heavy (non-hydrogen) atoms. The minimum Gasteiger partial charge on any atom is -0.300 e. The van der Waals surface area contributed by atoms with E-state index in [0.29, 0.717) is 22.9 Å². The van der Waals surface area contributed by atoms with Crippen LogP contribution in [0.2, 0.25) is 5.02 Å². The highest BCUT2D eigenvalue weighted by Gasteiger charge is 2.33. The predicted octanol–water partition coefficient (Wildman–Crippen LogP) is 0.918. The van der Waals surface area contributed by atoms with Gasteiger partial charge in [-0.15, -0.1) is 0 Å². The number of rotatable bonds is 5. The quantitative estimate of drug-likeness (QED) is 0.723. The summed E-state index contributed by atoms with van der Waals surface area (Å²) in [6.07, 6.45) is 0.716. The van der Waals surface area contributed by atoms with Gasteiger partial charge in [-0.1, -0.05) is 11.6 Å². The molecule has 0 unspecified atom stereocenters. The van der Waals surface area contributed by atoms with Gasteiger partial charge in [-0.25, -0.2) is 16.8 Å². The van der Waals surface area contributed by atoms with Crippen molar-refractivity contribution in [3.63, 3.8) is 0 Å². The van der Waals surface area contributed by atoms with Gasteiger partial charge in [-0.05, 0) is 30.7 Å². The third kappa shape index (κ3) is 4.95. The highest BCUT2D eigenvalue weighted by atomic mass is 35.5. The monoisotopic (exact) mass is 406 g/mol. The molecule has 0 spiro atoms. The van der Waals surface area contributed by atoms with Crippen LogP contribution >= 0.6 is 11.6 Å². The Labute approximate surface area is 154 Å². The average Bonchev–Trinajstić information content (AvgIpc) is 2.94. The smallest absolute Gasteiger partial charge is 0.179 e. The van der Waals surface area contributed by atoms with Crippen LogP contribution in [0, 0.1) is 0 Å². The number of halogens is 1. The Balaban J connectivity index is 1.48. The van der Waals surface area contributed by atoms with E-state index in [1.54, 1.807) is 12.1 Å². The van der Waals surface area contributed by atoms with Crippen LogP contribution in [0.1, 0.15) is 6.42 Å². The lowest BCUT2D eigenvalue weighted by Gasteiger charge is -2.37. The third-order valence-electron chi connectivity index (χ3n) is 4.98. The van der Waals surface area contributed by atoms with Crippen LogP contribution in [0.4, 0.5) is 0 Å². The Morgan fingerprint density at radius 1 is 1.08 bits per heavy atom. The minimum absolute atomic E-state index is 0.0758. The molecule has 0 N–H and O–H groups in total. The van der Waals surface area contributed by atoms with E-state index in [4.69, 9.17) is 11.6 Å². The van der Waals surface area contributed by atoms with Crippen LogP contribution in [0.25, 0.3) is 0 Å². The Hall–Kier alpha value is -0.670. The van der Waals surface area contributed by atoms with E-state index in [1.165, 1.54) is 12.1 Å². The molecule has 0 aromatic heterocycles. The van der Waals surface area contributed by atoms with E-state index in [2.05, 4.69) is 9.80 Å². The highest BCUT2D eigenvalue weighted by molar-refractivity contribution is 7.91. The molecule has 1 atom stereocenters. The molecular weight excluding hydrogens is 384 g/mol. The van der Waals surface area contributed by atoms with Crippen LogP contribution < -0.4 is 0 Å². The van der Waals surface area contributed by atoms with E-state index in [0.717, 1.165) is 26.2 Å². The number of piperazine rings is 1. The van der Waals surface area contributed by atoms with Gasteiger partial charge in [0.2, 0.25) is 0 Å². The zero-order chi connectivity index (χ0) is 18.1. The van der Waals surface area contributed by atoms with Gasteiger partial charge in [0, 0.05) is 43.8 Å². The predicted molar refractivity (Wildman–Crippen MR) is 98.6 cm³/mol. The number of hydrogen-bond donors (Lipinski definition) is 0. The molecule has 9 heteroatoms. The number of hydrogen-bond acceptors (Lipinski definition) is 6. The summed E-state index contributed by atoms with van der Waals surface area (Å²) in [7, 11) is -6.18. The molecule has 3 rings (SSSR count). The maximum atomic E-state index is 12.4. The summed E-state index contributed by atoms with van der Waals surface area (Å²) in [5, 5.41) is 0.518. The number of benzene rings is 1. The van der Waals surface area contributed by atoms with Gasteiger partial charge in [0.1, 0.15) is 0 Å². The fourth-order valence-corrected chi connectivity index (χ4v) is 6.60. The molecule has 6 nitrogen and oxygen atoms in total. The maximum Gasteiger partial charge on any atom is 0.179 e. The molecular formula is C16H23ClN2O4S2. The Morgan fingerprint density at radius 3 is 2.28 bits per heavy atom. The number of nitrogens with zero attached hydrogens (tertiary/aromatic N) is 2. The van der Waals surface area contributed by atoms with Crippen LogP contribution in [-0.2, 0) is 19.7 Å². The van der Waals surface area contributed by atoms with Crippen LogP contribution in [-0.4, -0.2) is 82.7 Å². The van der Waals surface area contributed by atoms with Crippen molar-refractivity contribution >= 4 is 31.3 Å². The highest BCUT2D eigenvalue weighted by Crippen LogP contribution is 2.20. The molecule has 0 saturated carbocycles. The normalized spacial score (nSPS) is 25.2. The van der Waals surface area contributed by atoms with Gasteiger partial charge in [-0.3, -0.25) is 9.80 Å². The molecule has 2 aliphatic rings. The van der Waals surface area contributed by atoms with Crippen molar-refractivity contribution < 1.29 is 16.8 Å². The second-order valence-electron chi connectivity index (χ2n) is 6.71. The minimum atomic E-state index is -3.31. The lowest BCUT2D eigenvalue weighted by Crippen LogP contribution is -2.51. The summed E-state index contributed by atoms with van der Waals surface area (Å²) in [5.41, 5.74) is 0. The largest absolute Gasteiger partial charge is 0.300 e. The molecule has 2 heterocycles. The van der Waals surface area contributed by atoms with Crippen molar-refractivity contribution in [1.29, 1.82) is 0 Å².